The Kier molecular flexibility index (Phi) is 5.68. The Labute approximate surface area is 128 Å². The van der Waals surface area contributed by atoms with E-state index in [-0.39, 0.29) is 0 Å². The Hall–Kier alpha value is -1.96. The third-order valence-electron chi connectivity index (χ3n) is 2.83. The van der Waals surface area contributed by atoms with Crippen LogP contribution in [0.2, 0.25) is 0 Å². The van der Waals surface area contributed by atoms with E-state index >= 15 is 0 Å². The molecular formula is C13H21N7S. The van der Waals surface area contributed by atoms with Gasteiger partial charge in [-0.1, -0.05) is 0 Å². The van der Waals surface area contributed by atoms with Crippen LogP contribution in [0, 0.1) is 6.92 Å². The lowest BCUT2D eigenvalue weighted by Crippen LogP contribution is -2.38. The number of rotatable bonds is 6. The number of hydrogen-bond acceptors (Lipinski definition) is 5. The molecule has 2 aromatic rings. The fourth-order valence-electron chi connectivity index (χ4n) is 1.76. The highest BCUT2D eigenvalue weighted by atomic mass is 32.1. The molecule has 2 rings (SSSR count). The Morgan fingerprint density at radius 2 is 2.24 bits per heavy atom. The van der Waals surface area contributed by atoms with Crippen molar-refractivity contribution in [2.45, 2.75) is 26.8 Å². The van der Waals surface area contributed by atoms with E-state index in [1.165, 1.54) is 11.2 Å². The molecular weight excluding hydrogens is 286 g/mol. The minimum atomic E-state index is 0.502. The van der Waals surface area contributed by atoms with Gasteiger partial charge in [0.05, 0.1) is 5.01 Å². The van der Waals surface area contributed by atoms with Crippen molar-refractivity contribution in [3.8, 4) is 0 Å². The number of hydrogen-bond donors (Lipinski definition) is 2. The van der Waals surface area contributed by atoms with Crippen LogP contribution in [0.4, 0.5) is 0 Å². The summed E-state index contributed by atoms with van der Waals surface area (Å²) in [6.45, 7) is 6.24. The first-order chi connectivity index (χ1) is 10.2. The van der Waals surface area contributed by atoms with Crippen LogP contribution >= 0.6 is 11.3 Å². The van der Waals surface area contributed by atoms with E-state index in [9.17, 15) is 0 Å². The third kappa shape index (κ3) is 4.82. The summed E-state index contributed by atoms with van der Waals surface area (Å²) in [7, 11) is 1.86. The fraction of sp³-hybridized carbons (Fsp3) is 0.538. The Morgan fingerprint density at radius 3 is 2.86 bits per heavy atom. The summed E-state index contributed by atoms with van der Waals surface area (Å²) in [6.07, 6.45) is 4.34. The van der Waals surface area contributed by atoms with Crippen molar-refractivity contribution in [1.82, 2.24) is 30.4 Å². The highest BCUT2D eigenvalue weighted by Crippen LogP contribution is 2.10. The third-order valence-corrected chi connectivity index (χ3v) is 3.80. The zero-order valence-electron chi connectivity index (χ0n) is 12.6. The van der Waals surface area contributed by atoms with Crippen LogP contribution in [0.5, 0.6) is 0 Å². The molecule has 0 spiro atoms. The first kappa shape index (κ1) is 15.4. The highest BCUT2D eigenvalue weighted by molar-refractivity contribution is 7.11. The highest BCUT2D eigenvalue weighted by Gasteiger charge is 2.03. The van der Waals surface area contributed by atoms with Gasteiger partial charge in [0, 0.05) is 37.6 Å². The second kappa shape index (κ2) is 7.72. The molecule has 8 heteroatoms. The fourth-order valence-corrected chi connectivity index (χ4v) is 2.55. The molecule has 0 saturated carbocycles. The number of aryl methyl sites for hydroxylation is 2. The lowest BCUT2D eigenvalue weighted by atomic mass is 10.4. The van der Waals surface area contributed by atoms with E-state index in [0.29, 0.717) is 6.54 Å². The normalized spacial score (nSPS) is 11.7. The number of aliphatic imine (C=N–C) groups is 1. The predicted octanol–water partition coefficient (Wildman–Crippen LogP) is 0.878. The van der Waals surface area contributed by atoms with Crippen LogP contribution < -0.4 is 10.6 Å². The molecule has 0 amide bonds. The first-order valence-electron chi connectivity index (χ1n) is 6.95. The van der Waals surface area contributed by atoms with Gasteiger partial charge in [0.15, 0.2) is 5.96 Å². The molecule has 0 aromatic carbocycles. The van der Waals surface area contributed by atoms with Gasteiger partial charge in [-0.15, -0.1) is 11.3 Å². The van der Waals surface area contributed by atoms with E-state index < -0.39 is 0 Å². The zero-order chi connectivity index (χ0) is 15.1. The maximum atomic E-state index is 4.51. The summed E-state index contributed by atoms with van der Waals surface area (Å²) in [5, 5.41) is 11.7. The molecule has 0 aliphatic rings. The maximum absolute atomic E-state index is 4.51. The van der Waals surface area contributed by atoms with Gasteiger partial charge < -0.3 is 10.6 Å². The molecule has 0 atom stereocenters. The smallest absolute Gasteiger partial charge is 0.191 e. The Balaban J connectivity index is 1.85. The van der Waals surface area contributed by atoms with Crippen LogP contribution in [0.25, 0.3) is 0 Å². The van der Waals surface area contributed by atoms with Gasteiger partial charge in [0.2, 0.25) is 0 Å². The molecule has 114 valence electrons. The van der Waals surface area contributed by atoms with Crippen LogP contribution in [0.15, 0.2) is 17.5 Å². The Morgan fingerprint density at radius 1 is 1.38 bits per heavy atom. The van der Waals surface area contributed by atoms with Crippen LogP contribution in [-0.2, 0) is 20.0 Å². The molecule has 0 bridgehead atoms. The zero-order valence-corrected chi connectivity index (χ0v) is 13.4. The van der Waals surface area contributed by atoms with Crippen molar-refractivity contribution in [2.24, 2.45) is 12.0 Å². The van der Waals surface area contributed by atoms with Gasteiger partial charge in [0.1, 0.15) is 18.7 Å². The average molecular weight is 307 g/mol. The quantitative estimate of drug-likeness (QED) is 0.612. The van der Waals surface area contributed by atoms with Crippen molar-refractivity contribution < 1.29 is 0 Å². The van der Waals surface area contributed by atoms with Gasteiger partial charge in [-0.3, -0.25) is 4.68 Å². The molecule has 21 heavy (non-hydrogen) atoms. The monoisotopic (exact) mass is 307 g/mol. The summed E-state index contributed by atoms with van der Waals surface area (Å²) >= 11 is 1.73. The van der Waals surface area contributed by atoms with Gasteiger partial charge >= 0.3 is 0 Å². The van der Waals surface area contributed by atoms with Crippen LogP contribution in [-0.4, -0.2) is 38.8 Å². The van der Waals surface area contributed by atoms with E-state index in [0.717, 1.165) is 36.3 Å². The minimum Gasteiger partial charge on any atom is -0.357 e. The van der Waals surface area contributed by atoms with E-state index in [1.807, 2.05) is 20.2 Å². The summed E-state index contributed by atoms with van der Waals surface area (Å²) in [5.74, 6) is 1.62. The summed E-state index contributed by atoms with van der Waals surface area (Å²) < 4.78 is 1.73. The average Bonchev–Trinajstić information content (AvgIpc) is 3.05. The standard InChI is InChI=1S/C13H21N7S/c1-4-14-13(17-8-11-18-9-19-20(11)3)15-6-5-12-16-7-10(2)21-12/h7,9H,4-6,8H2,1-3H3,(H2,14,15,17). The Bertz CT molecular complexity index is 587. The molecule has 2 N–H and O–H groups in total. The van der Waals surface area contributed by atoms with Crippen molar-refractivity contribution in [3.63, 3.8) is 0 Å². The first-order valence-corrected chi connectivity index (χ1v) is 7.77. The lowest BCUT2D eigenvalue weighted by molar-refractivity contribution is 0.697. The van der Waals surface area contributed by atoms with Gasteiger partial charge in [0.25, 0.3) is 0 Å². The number of aromatic nitrogens is 4. The SMILES string of the molecule is CCNC(=NCc1ncnn1C)NCCc1ncc(C)s1. The van der Waals surface area contributed by atoms with Crippen molar-refractivity contribution >= 4 is 17.3 Å². The van der Waals surface area contributed by atoms with E-state index in [1.54, 1.807) is 16.0 Å². The number of nitrogens with one attached hydrogen (secondary N) is 2. The molecule has 2 heterocycles. The van der Waals surface area contributed by atoms with E-state index in [2.05, 4.69) is 37.6 Å². The summed E-state index contributed by atoms with van der Waals surface area (Å²) in [6, 6.07) is 0. The predicted molar refractivity (Wildman–Crippen MR) is 84.4 cm³/mol. The molecule has 7 nitrogen and oxygen atoms in total. The summed E-state index contributed by atoms with van der Waals surface area (Å²) in [5.41, 5.74) is 0. The lowest BCUT2D eigenvalue weighted by Gasteiger charge is -2.10. The van der Waals surface area contributed by atoms with Crippen molar-refractivity contribution in [1.29, 1.82) is 0 Å². The minimum absolute atomic E-state index is 0.502. The van der Waals surface area contributed by atoms with Crippen molar-refractivity contribution in [2.75, 3.05) is 13.1 Å². The molecule has 0 fully saturated rings. The molecule has 2 aromatic heterocycles. The molecule has 0 aliphatic carbocycles. The van der Waals surface area contributed by atoms with Gasteiger partial charge in [-0.05, 0) is 13.8 Å². The van der Waals surface area contributed by atoms with Crippen LogP contribution in [0.3, 0.4) is 0 Å². The molecule has 0 unspecified atom stereocenters. The second-order valence-corrected chi connectivity index (χ2v) is 5.86. The molecule has 0 aliphatic heterocycles. The maximum Gasteiger partial charge on any atom is 0.191 e. The topological polar surface area (TPSA) is 80.0 Å². The number of nitrogens with zero attached hydrogens (tertiary/aromatic N) is 5. The number of thiazole rings is 1. The largest absolute Gasteiger partial charge is 0.357 e. The van der Waals surface area contributed by atoms with Crippen molar-refractivity contribution in [3.05, 3.63) is 28.2 Å². The van der Waals surface area contributed by atoms with Crippen LogP contribution in [0.1, 0.15) is 22.6 Å². The molecule has 0 radical (unpaired) electrons. The number of guanidine groups is 1. The van der Waals surface area contributed by atoms with E-state index in [4.69, 9.17) is 0 Å². The van der Waals surface area contributed by atoms with Gasteiger partial charge in [-0.25, -0.2) is 15.0 Å². The molecule has 0 saturated heterocycles. The summed E-state index contributed by atoms with van der Waals surface area (Å²) in [4.78, 5) is 14.3. The second-order valence-electron chi connectivity index (χ2n) is 4.54. The van der Waals surface area contributed by atoms with Gasteiger partial charge in [-0.2, -0.15) is 5.10 Å².